The second-order valence-electron chi connectivity index (χ2n) is 9.03. The first-order valence-corrected chi connectivity index (χ1v) is 11.5. The third-order valence-electron chi connectivity index (χ3n) is 7.22. The molecular formula is C26H26N4O2. The van der Waals surface area contributed by atoms with Crippen LogP contribution in [0.1, 0.15) is 40.9 Å². The van der Waals surface area contributed by atoms with E-state index in [2.05, 4.69) is 38.0 Å². The summed E-state index contributed by atoms with van der Waals surface area (Å²) in [7, 11) is 0. The number of fused-ring (bicyclic) bond motifs is 2. The molecule has 3 aliphatic rings. The van der Waals surface area contributed by atoms with Crippen LogP contribution in [0.2, 0.25) is 0 Å². The number of piperazine rings is 1. The number of aromatic amines is 1. The van der Waals surface area contributed by atoms with Gasteiger partial charge in [-0.3, -0.25) is 19.5 Å². The van der Waals surface area contributed by atoms with Gasteiger partial charge in [-0.1, -0.05) is 6.08 Å². The van der Waals surface area contributed by atoms with Gasteiger partial charge in [0.1, 0.15) is 0 Å². The van der Waals surface area contributed by atoms with Crippen molar-refractivity contribution in [1.29, 1.82) is 0 Å². The minimum absolute atomic E-state index is 0.0698. The molecule has 162 valence electrons. The summed E-state index contributed by atoms with van der Waals surface area (Å²) in [6.45, 7) is 4.01. The van der Waals surface area contributed by atoms with Crippen molar-refractivity contribution in [2.45, 2.75) is 31.7 Å². The van der Waals surface area contributed by atoms with Crippen LogP contribution in [0.4, 0.5) is 5.69 Å². The van der Waals surface area contributed by atoms with Gasteiger partial charge in [0.15, 0.2) is 5.78 Å². The number of aryl methyl sites for hydroxylation is 1. The number of H-pyrrole nitrogens is 1. The maximum absolute atomic E-state index is 12.4. The topological polar surface area (TPSA) is 69.3 Å². The van der Waals surface area contributed by atoms with Crippen molar-refractivity contribution in [3.8, 4) is 0 Å². The SMILES string of the molecule is O=C1CCc2cc(N3CCN(C4C=C(c5cc6ncccc6c(=O)[nH]5)CC4)CC3)ccc21. The molecule has 6 heteroatoms. The first-order valence-electron chi connectivity index (χ1n) is 11.5. The quantitative estimate of drug-likeness (QED) is 0.695. The summed E-state index contributed by atoms with van der Waals surface area (Å²) >= 11 is 0. The molecule has 1 fully saturated rings. The maximum Gasteiger partial charge on any atom is 0.257 e. The number of pyridine rings is 2. The Morgan fingerprint density at radius 1 is 0.969 bits per heavy atom. The van der Waals surface area contributed by atoms with E-state index < -0.39 is 0 Å². The Hall–Kier alpha value is -3.25. The van der Waals surface area contributed by atoms with E-state index in [0.29, 0.717) is 17.8 Å². The zero-order valence-electron chi connectivity index (χ0n) is 18.0. The highest BCUT2D eigenvalue weighted by Gasteiger charge is 2.28. The van der Waals surface area contributed by atoms with E-state index in [0.717, 1.165) is 62.2 Å². The minimum Gasteiger partial charge on any atom is -0.369 e. The van der Waals surface area contributed by atoms with Crippen LogP contribution in [0.25, 0.3) is 16.5 Å². The Bertz CT molecular complexity index is 1300. The monoisotopic (exact) mass is 426 g/mol. The summed E-state index contributed by atoms with van der Waals surface area (Å²) in [6, 6.07) is 12.4. The fourth-order valence-electron chi connectivity index (χ4n) is 5.42. The van der Waals surface area contributed by atoms with E-state index in [1.807, 2.05) is 18.2 Å². The molecule has 0 amide bonds. The Kier molecular flexibility index (Phi) is 4.68. The lowest BCUT2D eigenvalue weighted by molar-refractivity contribution is 0.0994. The van der Waals surface area contributed by atoms with E-state index >= 15 is 0 Å². The number of benzene rings is 1. The van der Waals surface area contributed by atoms with E-state index in [1.54, 1.807) is 12.3 Å². The van der Waals surface area contributed by atoms with Gasteiger partial charge < -0.3 is 9.88 Å². The van der Waals surface area contributed by atoms with Crippen LogP contribution in [0.5, 0.6) is 0 Å². The predicted octanol–water partition coefficient (Wildman–Crippen LogP) is 3.42. The zero-order valence-corrected chi connectivity index (χ0v) is 18.0. The van der Waals surface area contributed by atoms with E-state index in [1.165, 1.54) is 16.8 Å². The molecule has 3 heterocycles. The summed E-state index contributed by atoms with van der Waals surface area (Å²) in [5.41, 5.74) is 6.15. The average molecular weight is 427 g/mol. The largest absolute Gasteiger partial charge is 0.369 e. The highest BCUT2D eigenvalue weighted by Crippen LogP contribution is 2.32. The maximum atomic E-state index is 12.4. The Morgan fingerprint density at radius 3 is 2.72 bits per heavy atom. The van der Waals surface area contributed by atoms with Crippen LogP contribution < -0.4 is 10.5 Å². The Morgan fingerprint density at radius 2 is 1.84 bits per heavy atom. The summed E-state index contributed by atoms with van der Waals surface area (Å²) in [5.74, 6) is 0.281. The summed E-state index contributed by atoms with van der Waals surface area (Å²) in [6.07, 6.45) is 7.65. The van der Waals surface area contributed by atoms with E-state index in [4.69, 9.17) is 0 Å². The molecule has 1 aromatic carbocycles. The van der Waals surface area contributed by atoms with Crippen LogP contribution in [0.15, 0.2) is 53.5 Å². The summed E-state index contributed by atoms with van der Waals surface area (Å²) in [4.78, 5) is 36.8. The van der Waals surface area contributed by atoms with Crippen LogP contribution >= 0.6 is 0 Å². The van der Waals surface area contributed by atoms with Gasteiger partial charge in [-0.25, -0.2) is 0 Å². The van der Waals surface area contributed by atoms with Crippen molar-refractivity contribution < 1.29 is 4.79 Å². The number of hydrogen-bond acceptors (Lipinski definition) is 5. The number of aromatic nitrogens is 2. The first kappa shape index (κ1) is 19.4. The number of hydrogen-bond donors (Lipinski definition) is 1. The van der Waals surface area contributed by atoms with Crippen LogP contribution in [0.3, 0.4) is 0 Å². The number of allylic oxidation sites excluding steroid dienone is 1. The fraction of sp³-hybridized carbons (Fsp3) is 0.346. The van der Waals surface area contributed by atoms with Crippen molar-refractivity contribution >= 4 is 27.9 Å². The van der Waals surface area contributed by atoms with Gasteiger partial charge in [0, 0.05) is 61.8 Å². The standard InChI is InChI=1S/C26H26N4O2/c31-25-8-4-17-14-20(6-7-21(17)25)30-12-10-29(11-13-30)19-5-3-18(15-19)23-16-24-22(26(32)28-23)2-1-9-27-24/h1-2,6-7,9,14-16,19H,3-5,8,10-13H2,(H,28,32). The normalized spacial score (nSPS) is 21.2. The van der Waals surface area contributed by atoms with Gasteiger partial charge in [-0.05, 0) is 66.8 Å². The number of nitrogens with one attached hydrogen (secondary N) is 1. The highest BCUT2D eigenvalue weighted by molar-refractivity contribution is 6.00. The number of ketones is 1. The molecule has 6 rings (SSSR count). The molecule has 32 heavy (non-hydrogen) atoms. The van der Waals surface area contributed by atoms with E-state index in [9.17, 15) is 9.59 Å². The minimum atomic E-state index is -0.0698. The molecule has 2 aromatic heterocycles. The van der Waals surface area contributed by atoms with Crippen molar-refractivity contribution in [1.82, 2.24) is 14.9 Å². The Balaban J connectivity index is 1.15. The van der Waals surface area contributed by atoms with Crippen molar-refractivity contribution in [3.63, 3.8) is 0 Å². The van der Waals surface area contributed by atoms with Gasteiger partial charge >= 0.3 is 0 Å². The molecular weight excluding hydrogens is 400 g/mol. The molecule has 6 nitrogen and oxygen atoms in total. The third-order valence-corrected chi connectivity index (χ3v) is 7.22. The fourth-order valence-corrected chi connectivity index (χ4v) is 5.42. The predicted molar refractivity (Wildman–Crippen MR) is 126 cm³/mol. The van der Waals surface area contributed by atoms with E-state index in [-0.39, 0.29) is 11.3 Å². The second-order valence-corrected chi connectivity index (χ2v) is 9.03. The van der Waals surface area contributed by atoms with Gasteiger partial charge in [0.25, 0.3) is 5.56 Å². The van der Waals surface area contributed by atoms with Crippen molar-refractivity contribution in [2.24, 2.45) is 0 Å². The number of nitrogens with zero attached hydrogens (tertiary/aromatic N) is 3. The highest BCUT2D eigenvalue weighted by atomic mass is 16.1. The van der Waals surface area contributed by atoms with Crippen LogP contribution in [0, 0.1) is 0 Å². The number of carbonyl (C=O) groups excluding carboxylic acids is 1. The lowest BCUT2D eigenvalue weighted by atomic mass is 10.1. The average Bonchev–Trinajstić information content (AvgIpc) is 3.46. The number of Topliss-reactive ketones (excluding diaryl/α,β-unsaturated/α-hetero) is 1. The molecule has 1 aliphatic heterocycles. The van der Waals surface area contributed by atoms with Gasteiger partial charge in [-0.15, -0.1) is 0 Å². The van der Waals surface area contributed by atoms with Gasteiger partial charge in [-0.2, -0.15) is 0 Å². The lowest BCUT2D eigenvalue weighted by Gasteiger charge is -2.38. The first-order chi connectivity index (χ1) is 15.7. The third kappa shape index (κ3) is 3.35. The number of carbonyl (C=O) groups is 1. The molecule has 0 spiro atoms. The summed E-state index contributed by atoms with van der Waals surface area (Å²) in [5, 5.41) is 0.637. The zero-order chi connectivity index (χ0) is 21.7. The number of rotatable bonds is 3. The molecule has 0 bridgehead atoms. The van der Waals surface area contributed by atoms with Crippen molar-refractivity contribution in [2.75, 3.05) is 31.1 Å². The molecule has 3 aromatic rings. The second kappa shape index (κ2) is 7.71. The molecule has 0 radical (unpaired) electrons. The smallest absolute Gasteiger partial charge is 0.257 e. The molecule has 1 atom stereocenters. The molecule has 1 saturated heterocycles. The molecule has 0 saturated carbocycles. The van der Waals surface area contributed by atoms with Crippen LogP contribution in [-0.4, -0.2) is 52.9 Å². The van der Waals surface area contributed by atoms with Gasteiger partial charge in [0.2, 0.25) is 0 Å². The lowest BCUT2D eigenvalue weighted by Crippen LogP contribution is -2.49. The molecule has 2 aliphatic carbocycles. The molecule has 1 unspecified atom stereocenters. The molecule has 1 N–H and O–H groups in total. The summed E-state index contributed by atoms with van der Waals surface area (Å²) < 4.78 is 0. The van der Waals surface area contributed by atoms with Crippen molar-refractivity contribution in [3.05, 3.63) is 75.8 Å². The van der Waals surface area contributed by atoms with Crippen LogP contribution in [-0.2, 0) is 6.42 Å². The Labute approximate surface area is 186 Å². The van der Waals surface area contributed by atoms with Gasteiger partial charge in [0.05, 0.1) is 10.9 Å². The number of anilines is 1.